The van der Waals surface area contributed by atoms with E-state index in [-0.39, 0.29) is 5.38 Å². The van der Waals surface area contributed by atoms with Gasteiger partial charge in [-0.25, -0.2) is 0 Å². The Hall–Kier alpha value is -0.700. The smallest absolute Gasteiger partial charge is 0.119 e. The van der Waals surface area contributed by atoms with E-state index in [1.54, 1.807) is 0 Å². The Bertz CT molecular complexity index is 510. The molecule has 0 amide bonds. The second-order valence-electron chi connectivity index (χ2n) is 3.93. The molecule has 0 bridgehead atoms. The van der Waals surface area contributed by atoms with E-state index in [1.807, 2.05) is 36.4 Å². The van der Waals surface area contributed by atoms with Crippen LogP contribution in [0, 0.1) is 0 Å². The van der Waals surface area contributed by atoms with Crippen LogP contribution in [0.2, 0.25) is 4.34 Å². The second kappa shape index (κ2) is 6.46. The normalized spacial score (nSPS) is 12.4. The lowest BCUT2D eigenvalue weighted by Gasteiger charge is -2.10. The molecule has 1 heterocycles. The fourth-order valence-corrected chi connectivity index (χ4v) is 3.02. The number of rotatable bonds is 5. The first-order chi connectivity index (χ1) is 8.70. The SMILES string of the molecule is CCCOc1cccc(C(Cl)c2ccc(Cl)s2)c1. The van der Waals surface area contributed by atoms with Crippen molar-refractivity contribution in [2.24, 2.45) is 0 Å². The molecule has 0 N–H and O–H groups in total. The molecule has 96 valence electrons. The number of halogens is 2. The van der Waals surface area contributed by atoms with Crippen LogP contribution in [-0.4, -0.2) is 6.61 Å². The van der Waals surface area contributed by atoms with Gasteiger partial charge >= 0.3 is 0 Å². The summed E-state index contributed by atoms with van der Waals surface area (Å²) in [5.74, 6) is 0.864. The highest BCUT2D eigenvalue weighted by atomic mass is 35.5. The first kappa shape index (κ1) is 13.7. The van der Waals surface area contributed by atoms with E-state index >= 15 is 0 Å². The number of hydrogen-bond acceptors (Lipinski definition) is 2. The van der Waals surface area contributed by atoms with Gasteiger partial charge in [-0.3, -0.25) is 0 Å². The van der Waals surface area contributed by atoms with Crippen molar-refractivity contribution in [3.05, 3.63) is 51.2 Å². The summed E-state index contributed by atoms with van der Waals surface area (Å²) in [6.45, 7) is 2.81. The zero-order valence-electron chi connectivity index (χ0n) is 10.0. The van der Waals surface area contributed by atoms with Crippen molar-refractivity contribution >= 4 is 34.5 Å². The summed E-state index contributed by atoms with van der Waals surface area (Å²) in [5.41, 5.74) is 1.03. The van der Waals surface area contributed by atoms with Crippen LogP contribution >= 0.6 is 34.5 Å². The standard InChI is InChI=1S/C14H14Cl2OS/c1-2-8-17-11-5-3-4-10(9-11)14(16)12-6-7-13(15)18-12/h3-7,9,14H,2,8H2,1H3. The van der Waals surface area contributed by atoms with Gasteiger partial charge in [-0.2, -0.15) is 0 Å². The van der Waals surface area contributed by atoms with Gasteiger partial charge in [-0.05, 0) is 36.2 Å². The summed E-state index contributed by atoms with van der Waals surface area (Å²) in [7, 11) is 0. The Morgan fingerprint density at radius 1 is 1.28 bits per heavy atom. The van der Waals surface area contributed by atoms with Crippen LogP contribution in [0.3, 0.4) is 0 Å². The van der Waals surface area contributed by atoms with Crippen LogP contribution < -0.4 is 4.74 Å². The molecule has 1 nitrogen and oxygen atoms in total. The maximum atomic E-state index is 6.45. The van der Waals surface area contributed by atoms with Crippen LogP contribution in [0.4, 0.5) is 0 Å². The minimum Gasteiger partial charge on any atom is -0.494 e. The summed E-state index contributed by atoms with van der Waals surface area (Å²) in [6, 6.07) is 11.7. The van der Waals surface area contributed by atoms with E-state index in [4.69, 9.17) is 27.9 Å². The molecule has 4 heteroatoms. The maximum absolute atomic E-state index is 6.45. The summed E-state index contributed by atoms with van der Waals surface area (Å²) >= 11 is 13.9. The summed E-state index contributed by atoms with van der Waals surface area (Å²) in [6.07, 6.45) is 0.995. The van der Waals surface area contributed by atoms with Gasteiger partial charge in [0.15, 0.2) is 0 Å². The molecule has 18 heavy (non-hydrogen) atoms. The Morgan fingerprint density at radius 3 is 2.78 bits per heavy atom. The fourth-order valence-electron chi connectivity index (χ4n) is 1.61. The van der Waals surface area contributed by atoms with Crippen molar-refractivity contribution in [3.8, 4) is 5.75 Å². The van der Waals surface area contributed by atoms with Crippen LogP contribution in [0.25, 0.3) is 0 Å². The molecular formula is C14H14Cl2OS. The zero-order chi connectivity index (χ0) is 13.0. The molecule has 2 aromatic rings. The van der Waals surface area contributed by atoms with E-state index in [1.165, 1.54) is 11.3 Å². The molecule has 1 aromatic carbocycles. The topological polar surface area (TPSA) is 9.23 Å². The van der Waals surface area contributed by atoms with Gasteiger partial charge in [0.05, 0.1) is 16.3 Å². The van der Waals surface area contributed by atoms with Gasteiger partial charge in [0, 0.05) is 4.88 Å². The number of alkyl halides is 1. The van der Waals surface area contributed by atoms with Crippen molar-refractivity contribution in [1.82, 2.24) is 0 Å². The Kier molecular flexibility index (Phi) is 4.93. The maximum Gasteiger partial charge on any atom is 0.119 e. The molecule has 0 fully saturated rings. The minimum absolute atomic E-state index is 0.173. The Labute approximate surface area is 121 Å². The lowest BCUT2D eigenvalue weighted by molar-refractivity contribution is 0.317. The first-order valence-corrected chi connectivity index (χ1v) is 7.46. The average Bonchev–Trinajstić information content (AvgIpc) is 2.82. The predicted octanol–water partition coefficient (Wildman–Crippen LogP) is 5.52. The lowest BCUT2D eigenvalue weighted by atomic mass is 10.1. The number of hydrogen-bond donors (Lipinski definition) is 0. The monoisotopic (exact) mass is 300 g/mol. The molecule has 0 saturated heterocycles. The molecule has 0 spiro atoms. The van der Waals surface area contributed by atoms with Crippen molar-refractivity contribution in [1.29, 1.82) is 0 Å². The highest BCUT2D eigenvalue weighted by Gasteiger charge is 2.13. The Morgan fingerprint density at radius 2 is 2.11 bits per heavy atom. The van der Waals surface area contributed by atoms with Crippen molar-refractivity contribution in [2.75, 3.05) is 6.61 Å². The van der Waals surface area contributed by atoms with E-state index < -0.39 is 0 Å². The molecule has 1 atom stereocenters. The number of thiophene rings is 1. The molecule has 0 aliphatic rings. The number of benzene rings is 1. The summed E-state index contributed by atoms with van der Waals surface area (Å²) < 4.78 is 6.36. The molecule has 0 radical (unpaired) electrons. The van der Waals surface area contributed by atoms with Gasteiger partial charge in [0.2, 0.25) is 0 Å². The van der Waals surface area contributed by atoms with Gasteiger partial charge in [0.25, 0.3) is 0 Å². The van der Waals surface area contributed by atoms with E-state index in [0.717, 1.165) is 33.6 Å². The molecule has 1 unspecified atom stereocenters. The van der Waals surface area contributed by atoms with Crippen LogP contribution in [0.5, 0.6) is 5.75 Å². The van der Waals surface area contributed by atoms with Crippen molar-refractivity contribution in [3.63, 3.8) is 0 Å². The highest BCUT2D eigenvalue weighted by Crippen LogP contribution is 2.36. The molecule has 0 aliphatic heterocycles. The van der Waals surface area contributed by atoms with E-state index in [2.05, 4.69) is 6.92 Å². The van der Waals surface area contributed by atoms with Gasteiger partial charge in [-0.15, -0.1) is 22.9 Å². The summed E-state index contributed by atoms with van der Waals surface area (Å²) in [4.78, 5) is 1.05. The molecule has 0 saturated carbocycles. The Balaban J connectivity index is 2.17. The van der Waals surface area contributed by atoms with Gasteiger partial charge in [0.1, 0.15) is 5.75 Å². The van der Waals surface area contributed by atoms with Crippen LogP contribution in [0.1, 0.15) is 29.2 Å². The molecule has 1 aromatic heterocycles. The van der Waals surface area contributed by atoms with Crippen LogP contribution in [-0.2, 0) is 0 Å². The summed E-state index contributed by atoms with van der Waals surface area (Å²) in [5, 5.41) is -0.173. The van der Waals surface area contributed by atoms with E-state index in [0.29, 0.717) is 0 Å². The minimum atomic E-state index is -0.173. The first-order valence-electron chi connectivity index (χ1n) is 5.82. The second-order valence-corrected chi connectivity index (χ2v) is 6.11. The molecule has 2 rings (SSSR count). The van der Waals surface area contributed by atoms with Crippen molar-refractivity contribution in [2.45, 2.75) is 18.7 Å². The third-order valence-corrected chi connectivity index (χ3v) is 4.38. The largest absolute Gasteiger partial charge is 0.494 e. The highest BCUT2D eigenvalue weighted by molar-refractivity contribution is 7.16. The number of ether oxygens (including phenoxy) is 1. The lowest BCUT2D eigenvalue weighted by Crippen LogP contribution is -1.96. The third-order valence-electron chi connectivity index (χ3n) is 2.47. The molecular weight excluding hydrogens is 287 g/mol. The fraction of sp³-hybridized carbons (Fsp3) is 0.286. The zero-order valence-corrected chi connectivity index (χ0v) is 12.4. The molecule has 0 aliphatic carbocycles. The third kappa shape index (κ3) is 3.41. The van der Waals surface area contributed by atoms with E-state index in [9.17, 15) is 0 Å². The average molecular weight is 301 g/mol. The van der Waals surface area contributed by atoms with Gasteiger partial charge in [-0.1, -0.05) is 30.7 Å². The van der Waals surface area contributed by atoms with Crippen LogP contribution in [0.15, 0.2) is 36.4 Å². The van der Waals surface area contributed by atoms with Crippen molar-refractivity contribution < 1.29 is 4.74 Å². The predicted molar refractivity (Wildman–Crippen MR) is 79.3 cm³/mol. The quantitative estimate of drug-likeness (QED) is 0.661. The van der Waals surface area contributed by atoms with Gasteiger partial charge < -0.3 is 4.74 Å².